The van der Waals surface area contributed by atoms with Crippen LogP contribution in [-0.2, 0) is 19.0 Å². The molecule has 86 valence electrons. The molecule has 2 saturated heterocycles. The molecule has 2 fully saturated rings. The van der Waals surface area contributed by atoms with E-state index >= 15 is 0 Å². The van der Waals surface area contributed by atoms with Gasteiger partial charge in [-0.3, -0.25) is 4.79 Å². The Kier molecular flexibility index (Phi) is 2.70. The number of carbonyl (C=O) groups is 1. The number of hydrogen-bond donors (Lipinski definition) is 1. The van der Waals surface area contributed by atoms with E-state index in [0.717, 1.165) is 6.42 Å². The maximum Gasteiger partial charge on any atom is 0.217 e. The average Bonchev–Trinajstić information content (AvgIpc) is 2.53. The number of rotatable bonds is 3. The van der Waals surface area contributed by atoms with Crippen molar-refractivity contribution in [1.29, 1.82) is 0 Å². The lowest BCUT2D eigenvalue weighted by atomic mass is 10.1. The predicted molar refractivity (Wildman–Crippen MR) is 51.7 cm³/mol. The van der Waals surface area contributed by atoms with Gasteiger partial charge in [0.05, 0.1) is 6.10 Å². The van der Waals surface area contributed by atoms with Gasteiger partial charge in [0, 0.05) is 12.8 Å². The molecule has 0 radical (unpaired) electrons. The minimum atomic E-state index is -0.552. The van der Waals surface area contributed by atoms with E-state index in [2.05, 4.69) is 0 Å². The highest BCUT2D eigenvalue weighted by Crippen LogP contribution is 2.37. The molecule has 0 saturated carbocycles. The summed E-state index contributed by atoms with van der Waals surface area (Å²) in [6, 6.07) is 0. The van der Waals surface area contributed by atoms with Crippen LogP contribution in [0, 0.1) is 0 Å². The summed E-state index contributed by atoms with van der Waals surface area (Å²) in [4.78, 5) is 10.6. The largest absolute Gasteiger partial charge is 0.370 e. The molecule has 1 amide bonds. The Morgan fingerprint density at radius 1 is 1.47 bits per heavy atom. The van der Waals surface area contributed by atoms with Crippen LogP contribution in [0.4, 0.5) is 0 Å². The fourth-order valence-electron chi connectivity index (χ4n) is 2.07. The minimum Gasteiger partial charge on any atom is -0.370 e. The second-order valence-electron chi connectivity index (χ2n) is 4.54. The van der Waals surface area contributed by atoms with Gasteiger partial charge in [-0.1, -0.05) is 0 Å². The zero-order valence-electron chi connectivity index (χ0n) is 9.06. The quantitative estimate of drug-likeness (QED) is 0.745. The summed E-state index contributed by atoms with van der Waals surface area (Å²) < 4.78 is 16.8. The van der Waals surface area contributed by atoms with E-state index < -0.39 is 5.79 Å². The highest BCUT2D eigenvalue weighted by atomic mass is 16.8. The molecule has 5 nitrogen and oxygen atoms in total. The first kappa shape index (κ1) is 10.9. The monoisotopic (exact) mass is 215 g/mol. The summed E-state index contributed by atoms with van der Waals surface area (Å²) in [7, 11) is 0. The molecule has 0 spiro atoms. The van der Waals surface area contributed by atoms with Gasteiger partial charge in [0.1, 0.15) is 6.10 Å². The molecule has 2 N–H and O–H groups in total. The van der Waals surface area contributed by atoms with Crippen molar-refractivity contribution >= 4 is 5.91 Å². The van der Waals surface area contributed by atoms with Crippen LogP contribution in [0.15, 0.2) is 0 Å². The van der Waals surface area contributed by atoms with E-state index in [1.54, 1.807) is 0 Å². The minimum absolute atomic E-state index is 0.00197. The Hall–Kier alpha value is -0.650. The van der Waals surface area contributed by atoms with Gasteiger partial charge < -0.3 is 19.9 Å². The van der Waals surface area contributed by atoms with Crippen LogP contribution < -0.4 is 5.73 Å². The van der Waals surface area contributed by atoms with Crippen LogP contribution in [-0.4, -0.2) is 30.2 Å². The first-order chi connectivity index (χ1) is 6.96. The van der Waals surface area contributed by atoms with Crippen molar-refractivity contribution in [3.05, 3.63) is 0 Å². The van der Waals surface area contributed by atoms with Crippen LogP contribution in [0.5, 0.6) is 0 Å². The van der Waals surface area contributed by atoms with Gasteiger partial charge in [0.2, 0.25) is 5.91 Å². The summed E-state index contributed by atoms with van der Waals surface area (Å²) in [5.41, 5.74) is 5.07. The smallest absolute Gasteiger partial charge is 0.217 e. The Balaban J connectivity index is 1.81. The molecule has 15 heavy (non-hydrogen) atoms. The normalized spacial score (nSPS) is 37.9. The fraction of sp³-hybridized carbons (Fsp3) is 0.900. The van der Waals surface area contributed by atoms with Crippen molar-refractivity contribution in [2.75, 3.05) is 0 Å². The predicted octanol–water partition coefficient (Wildman–Crippen LogP) is 0.518. The molecule has 2 aliphatic heterocycles. The number of nitrogens with two attached hydrogens (primary N) is 1. The molecule has 5 heteroatoms. The first-order valence-corrected chi connectivity index (χ1v) is 5.26. The highest BCUT2D eigenvalue weighted by Gasteiger charge is 2.48. The van der Waals surface area contributed by atoms with Crippen molar-refractivity contribution in [1.82, 2.24) is 0 Å². The van der Waals surface area contributed by atoms with Crippen LogP contribution in [0.2, 0.25) is 0 Å². The second-order valence-corrected chi connectivity index (χ2v) is 4.54. The fourth-order valence-corrected chi connectivity index (χ4v) is 2.07. The molecule has 0 aromatic rings. The molecule has 3 atom stereocenters. The molecule has 0 bridgehead atoms. The summed E-state index contributed by atoms with van der Waals surface area (Å²) in [6.45, 7) is 3.74. The molecule has 2 heterocycles. The zero-order chi connectivity index (χ0) is 11.1. The third-order valence-corrected chi connectivity index (χ3v) is 2.67. The van der Waals surface area contributed by atoms with Crippen LogP contribution >= 0.6 is 0 Å². The van der Waals surface area contributed by atoms with Crippen LogP contribution in [0.25, 0.3) is 0 Å². The molecule has 1 unspecified atom stereocenters. The maximum atomic E-state index is 10.6. The van der Waals surface area contributed by atoms with Crippen molar-refractivity contribution in [2.45, 2.75) is 57.4 Å². The first-order valence-electron chi connectivity index (χ1n) is 5.26. The van der Waals surface area contributed by atoms with E-state index in [1.165, 1.54) is 0 Å². The Morgan fingerprint density at radius 3 is 2.80 bits per heavy atom. The summed E-state index contributed by atoms with van der Waals surface area (Å²) in [6.07, 6.45) is 1.53. The SMILES string of the molecule is CC1(C)OC2O[C@H](CCC(N)=O)C[C@H]2O1. The lowest BCUT2D eigenvalue weighted by Crippen LogP contribution is -2.25. The number of amides is 1. The van der Waals surface area contributed by atoms with Crippen LogP contribution in [0.1, 0.15) is 33.1 Å². The van der Waals surface area contributed by atoms with Gasteiger partial charge >= 0.3 is 0 Å². The molecular weight excluding hydrogens is 198 g/mol. The van der Waals surface area contributed by atoms with Crippen LogP contribution in [0.3, 0.4) is 0 Å². The van der Waals surface area contributed by atoms with Gasteiger partial charge in [0.15, 0.2) is 12.1 Å². The molecule has 0 aromatic carbocycles. The van der Waals surface area contributed by atoms with E-state index in [-0.39, 0.29) is 24.4 Å². The van der Waals surface area contributed by atoms with Gasteiger partial charge in [-0.25, -0.2) is 0 Å². The van der Waals surface area contributed by atoms with Gasteiger partial charge in [-0.15, -0.1) is 0 Å². The van der Waals surface area contributed by atoms with Gasteiger partial charge in [0.25, 0.3) is 0 Å². The molecule has 0 aromatic heterocycles. The van der Waals surface area contributed by atoms with Gasteiger partial charge in [-0.2, -0.15) is 0 Å². The summed E-state index contributed by atoms with van der Waals surface area (Å²) in [5.74, 6) is -0.845. The number of carbonyl (C=O) groups excluding carboxylic acids is 1. The lowest BCUT2D eigenvalue weighted by molar-refractivity contribution is -0.205. The van der Waals surface area contributed by atoms with Gasteiger partial charge in [-0.05, 0) is 20.3 Å². The Labute approximate surface area is 88.9 Å². The number of fused-ring (bicyclic) bond motifs is 1. The lowest BCUT2D eigenvalue weighted by Gasteiger charge is -2.20. The Morgan fingerprint density at radius 2 is 2.20 bits per heavy atom. The van der Waals surface area contributed by atoms with E-state index in [0.29, 0.717) is 12.8 Å². The summed E-state index contributed by atoms with van der Waals surface area (Å²) >= 11 is 0. The standard InChI is InChI=1S/C10H17NO4/c1-10(2)14-7-5-6(3-4-8(11)12)13-9(7)15-10/h6-7,9H,3-5H2,1-2H3,(H2,11,12)/t6-,7-,9?/m1/s1. The van der Waals surface area contributed by atoms with Crippen molar-refractivity contribution < 1.29 is 19.0 Å². The molecule has 0 aliphatic carbocycles. The molecule has 2 aliphatic rings. The van der Waals surface area contributed by atoms with Crippen molar-refractivity contribution in [3.63, 3.8) is 0 Å². The average molecular weight is 215 g/mol. The van der Waals surface area contributed by atoms with E-state index in [1.807, 2.05) is 13.8 Å². The number of ether oxygens (including phenoxy) is 3. The topological polar surface area (TPSA) is 70.8 Å². The molecular formula is C10H17NO4. The molecule has 2 rings (SSSR count). The number of hydrogen-bond acceptors (Lipinski definition) is 4. The van der Waals surface area contributed by atoms with E-state index in [4.69, 9.17) is 19.9 Å². The van der Waals surface area contributed by atoms with E-state index in [9.17, 15) is 4.79 Å². The zero-order valence-corrected chi connectivity index (χ0v) is 9.06. The third-order valence-electron chi connectivity index (χ3n) is 2.67. The highest BCUT2D eigenvalue weighted by molar-refractivity contribution is 5.73. The van der Waals surface area contributed by atoms with Crippen molar-refractivity contribution in [2.24, 2.45) is 5.73 Å². The maximum absolute atomic E-state index is 10.6. The second kappa shape index (κ2) is 3.73. The summed E-state index contributed by atoms with van der Waals surface area (Å²) in [5, 5.41) is 0. The van der Waals surface area contributed by atoms with Crippen molar-refractivity contribution in [3.8, 4) is 0 Å². The third kappa shape index (κ3) is 2.48. The Bertz CT molecular complexity index is 250. The number of primary amides is 1.